The maximum atomic E-state index is 13.1. The number of benzene rings is 1. The van der Waals surface area contributed by atoms with Crippen molar-refractivity contribution in [3.63, 3.8) is 0 Å². The van der Waals surface area contributed by atoms with Crippen molar-refractivity contribution in [1.29, 1.82) is 0 Å². The minimum Gasteiger partial charge on any atom is -0.383 e. The molecule has 0 saturated carbocycles. The lowest BCUT2D eigenvalue weighted by atomic mass is 10.1. The minimum absolute atomic E-state index is 0.290. The molecule has 5 heteroatoms. The van der Waals surface area contributed by atoms with Crippen LogP contribution in [0.15, 0.2) is 35.0 Å². The fraction of sp³-hybridized carbons (Fsp3) is 0.308. The third kappa shape index (κ3) is 3.15. The third-order valence-electron chi connectivity index (χ3n) is 2.53. The van der Waals surface area contributed by atoms with E-state index in [4.69, 9.17) is 9.26 Å². The van der Waals surface area contributed by atoms with Gasteiger partial charge < -0.3 is 14.6 Å². The first-order valence-electron chi connectivity index (χ1n) is 5.70. The van der Waals surface area contributed by atoms with Gasteiger partial charge in [0.25, 0.3) is 0 Å². The number of halogens is 1. The average molecular weight is 250 g/mol. The van der Waals surface area contributed by atoms with E-state index in [9.17, 15) is 4.39 Å². The van der Waals surface area contributed by atoms with Crippen molar-refractivity contribution < 1.29 is 13.7 Å². The first-order chi connectivity index (χ1) is 8.81. The van der Waals surface area contributed by atoms with Gasteiger partial charge in [0.1, 0.15) is 5.82 Å². The van der Waals surface area contributed by atoms with Crippen molar-refractivity contribution >= 4 is 0 Å². The van der Waals surface area contributed by atoms with E-state index in [1.807, 2.05) is 0 Å². The second kappa shape index (κ2) is 6.28. The molecule has 0 bridgehead atoms. The topological polar surface area (TPSA) is 47.3 Å². The van der Waals surface area contributed by atoms with Gasteiger partial charge >= 0.3 is 0 Å². The van der Waals surface area contributed by atoms with E-state index in [1.165, 1.54) is 12.1 Å². The van der Waals surface area contributed by atoms with Crippen LogP contribution in [0.25, 0.3) is 11.3 Å². The van der Waals surface area contributed by atoms with Crippen LogP contribution >= 0.6 is 0 Å². The highest BCUT2D eigenvalue weighted by molar-refractivity contribution is 5.60. The molecular formula is C13H15FN2O2. The summed E-state index contributed by atoms with van der Waals surface area (Å²) < 4.78 is 23.3. The molecule has 0 saturated heterocycles. The Morgan fingerprint density at radius 1 is 1.44 bits per heavy atom. The van der Waals surface area contributed by atoms with Gasteiger partial charge in [-0.2, -0.15) is 0 Å². The van der Waals surface area contributed by atoms with Crippen LogP contribution in [0, 0.1) is 5.82 Å². The van der Waals surface area contributed by atoms with Crippen LogP contribution in [0.3, 0.4) is 0 Å². The third-order valence-corrected chi connectivity index (χ3v) is 2.53. The van der Waals surface area contributed by atoms with E-state index in [0.29, 0.717) is 24.5 Å². The highest BCUT2D eigenvalue weighted by atomic mass is 19.1. The molecule has 0 fully saturated rings. The van der Waals surface area contributed by atoms with Gasteiger partial charge in [0.05, 0.1) is 12.8 Å². The van der Waals surface area contributed by atoms with Crippen molar-refractivity contribution in [2.75, 3.05) is 20.3 Å². The molecule has 0 amide bonds. The lowest BCUT2D eigenvalue weighted by molar-refractivity contribution is 0.199. The number of aromatic nitrogens is 1. The van der Waals surface area contributed by atoms with Crippen LogP contribution in [-0.2, 0) is 11.3 Å². The number of nitrogens with one attached hydrogen (secondary N) is 1. The van der Waals surface area contributed by atoms with Crippen molar-refractivity contribution in [3.05, 3.63) is 41.8 Å². The van der Waals surface area contributed by atoms with Crippen LogP contribution in [0.4, 0.5) is 4.39 Å². The summed E-state index contributed by atoms with van der Waals surface area (Å²) in [7, 11) is 1.65. The van der Waals surface area contributed by atoms with Crippen LogP contribution in [0.5, 0.6) is 0 Å². The standard InChI is InChI=1S/C13H15FN2O2/c1-17-6-5-15-8-11-9-16-18-13(11)10-3-2-4-12(14)7-10/h2-4,7,9,15H,5-6,8H2,1H3. The fourth-order valence-corrected chi connectivity index (χ4v) is 1.65. The summed E-state index contributed by atoms with van der Waals surface area (Å²) in [6, 6.07) is 6.27. The molecule has 96 valence electrons. The van der Waals surface area contributed by atoms with Gasteiger partial charge in [0, 0.05) is 31.3 Å². The van der Waals surface area contributed by atoms with E-state index in [-0.39, 0.29) is 5.82 Å². The van der Waals surface area contributed by atoms with Crippen LogP contribution in [-0.4, -0.2) is 25.4 Å². The first kappa shape index (κ1) is 12.7. The SMILES string of the molecule is COCCNCc1cnoc1-c1cccc(F)c1. The van der Waals surface area contributed by atoms with Crippen molar-refractivity contribution in [2.45, 2.75) is 6.54 Å². The highest BCUT2D eigenvalue weighted by Gasteiger charge is 2.10. The van der Waals surface area contributed by atoms with Gasteiger partial charge in [-0.1, -0.05) is 17.3 Å². The zero-order valence-electron chi connectivity index (χ0n) is 10.1. The molecular weight excluding hydrogens is 235 g/mol. The lowest BCUT2D eigenvalue weighted by Gasteiger charge is -2.04. The molecule has 1 aromatic carbocycles. The second-order valence-electron chi connectivity index (χ2n) is 3.86. The van der Waals surface area contributed by atoms with Crippen molar-refractivity contribution in [3.8, 4) is 11.3 Å². The van der Waals surface area contributed by atoms with Crippen molar-refractivity contribution in [1.82, 2.24) is 10.5 Å². The zero-order chi connectivity index (χ0) is 12.8. The molecule has 1 N–H and O–H groups in total. The number of hydrogen-bond donors (Lipinski definition) is 1. The van der Waals surface area contributed by atoms with Gasteiger partial charge in [0.15, 0.2) is 5.76 Å². The van der Waals surface area contributed by atoms with Crippen LogP contribution < -0.4 is 5.32 Å². The Bertz CT molecular complexity index is 499. The zero-order valence-corrected chi connectivity index (χ0v) is 10.1. The predicted molar refractivity (Wildman–Crippen MR) is 65.5 cm³/mol. The highest BCUT2D eigenvalue weighted by Crippen LogP contribution is 2.23. The largest absolute Gasteiger partial charge is 0.383 e. The number of rotatable bonds is 6. The van der Waals surface area contributed by atoms with E-state index >= 15 is 0 Å². The summed E-state index contributed by atoms with van der Waals surface area (Å²) >= 11 is 0. The van der Waals surface area contributed by atoms with Gasteiger partial charge in [-0.05, 0) is 12.1 Å². The van der Waals surface area contributed by atoms with Crippen LogP contribution in [0.1, 0.15) is 5.56 Å². The number of ether oxygens (including phenoxy) is 1. The molecule has 0 radical (unpaired) electrons. The lowest BCUT2D eigenvalue weighted by Crippen LogP contribution is -2.18. The van der Waals surface area contributed by atoms with Gasteiger partial charge in [-0.3, -0.25) is 0 Å². The Morgan fingerprint density at radius 2 is 2.33 bits per heavy atom. The quantitative estimate of drug-likeness (QED) is 0.798. The molecule has 18 heavy (non-hydrogen) atoms. The first-order valence-corrected chi connectivity index (χ1v) is 5.70. The Labute approximate surface area is 105 Å². The maximum Gasteiger partial charge on any atom is 0.171 e. The monoisotopic (exact) mass is 250 g/mol. The summed E-state index contributed by atoms with van der Waals surface area (Å²) in [5, 5.41) is 6.95. The summed E-state index contributed by atoms with van der Waals surface area (Å²) in [4.78, 5) is 0. The summed E-state index contributed by atoms with van der Waals surface area (Å²) in [5.41, 5.74) is 1.59. The molecule has 0 atom stereocenters. The molecule has 4 nitrogen and oxygen atoms in total. The summed E-state index contributed by atoms with van der Waals surface area (Å²) in [6.45, 7) is 1.99. The van der Waals surface area contributed by atoms with E-state index in [2.05, 4.69) is 10.5 Å². The molecule has 2 rings (SSSR count). The molecule has 2 aromatic rings. The van der Waals surface area contributed by atoms with Crippen LogP contribution in [0.2, 0.25) is 0 Å². The number of methoxy groups -OCH3 is 1. The molecule has 0 aliphatic heterocycles. The normalized spacial score (nSPS) is 10.8. The summed E-state index contributed by atoms with van der Waals surface area (Å²) in [6.07, 6.45) is 1.64. The smallest absolute Gasteiger partial charge is 0.171 e. The molecule has 1 aromatic heterocycles. The summed E-state index contributed by atoms with van der Waals surface area (Å²) in [5.74, 6) is 0.307. The Hall–Kier alpha value is -1.72. The molecule has 0 aliphatic carbocycles. The Kier molecular flexibility index (Phi) is 4.44. The molecule has 0 aliphatic rings. The number of nitrogens with zero attached hydrogens (tertiary/aromatic N) is 1. The second-order valence-corrected chi connectivity index (χ2v) is 3.86. The Balaban J connectivity index is 2.08. The van der Waals surface area contributed by atoms with Gasteiger partial charge in [-0.15, -0.1) is 0 Å². The maximum absolute atomic E-state index is 13.1. The molecule has 1 heterocycles. The Morgan fingerprint density at radius 3 is 3.11 bits per heavy atom. The van der Waals surface area contributed by atoms with E-state index in [0.717, 1.165) is 12.1 Å². The predicted octanol–water partition coefficient (Wildman–Crippen LogP) is 2.22. The fourth-order valence-electron chi connectivity index (χ4n) is 1.65. The molecule has 0 unspecified atom stereocenters. The van der Waals surface area contributed by atoms with Gasteiger partial charge in [0.2, 0.25) is 0 Å². The van der Waals surface area contributed by atoms with E-state index < -0.39 is 0 Å². The van der Waals surface area contributed by atoms with Gasteiger partial charge in [-0.25, -0.2) is 4.39 Å². The minimum atomic E-state index is -0.290. The number of hydrogen-bond acceptors (Lipinski definition) is 4. The van der Waals surface area contributed by atoms with Crippen molar-refractivity contribution in [2.24, 2.45) is 0 Å². The van der Waals surface area contributed by atoms with E-state index in [1.54, 1.807) is 25.4 Å². The average Bonchev–Trinajstić information content (AvgIpc) is 2.83. The molecule has 0 spiro atoms.